The van der Waals surface area contributed by atoms with E-state index in [-0.39, 0.29) is 17.3 Å². The number of hydrogen-bond acceptors (Lipinski definition) is 3. The molecule has 0 radical (unpaired) electrons. The van der Waals surface area contributed by atoms with Crippen LogP contribution in [0.3, 0.4) is 0 Å². The molecule has 0 saturated carbocycles. The Morgan fingerprint density at radius 2 is 2.20 bits per heavy atom. The lowest BCUT2D eigenvalue weighted by atomic mass is 10.00. The van der Waals surface area contributed by atoms with E-state index in [1.807, 2.05) is 35.9 Å². The quantitative estimate of drug-likeness (QED) is 0.573. The number of ether oxygens (including phenoxy) is 1. The third-order valence-electron chi connectivity index (χ3n) is 4.50. The largest absolute Gasteiger partial charge is 0.469 e. The summed E-state index contributed by atoms with van der Waals surface area (Å²) in [5.41, 5.74) is 3.07. The Bertz CT molecular complexity index is 854. The zero-order valence-corrected chi connectivity index (χ0v) is 15.7. The van der Waals surface area contributed by atoms with E-state index in [0.29, 0.717) is 19.4 Å². The van der Waals surface area contributed by atoms with Crippen molar-refractivity contribution in [1.29, 1.82) is 0 Å². The molecule has 3 rings (SSSR count). The SMILES string of the molecule is COC(=O)CCc1ccc2c(C)nn(CC3C(Cl)=CC=CC3Cl)c2c1. The van der Waals surface area contributed by atoms with Gasteiger partial charge in [-0.15, -0.1) is 11.6 Å². The number of esters is 1. The molecule has 0 N–H and O–H groups in total. The molecule has 2 aromatic rings. The maximum absolute atomic E-state index is 11.4. The second-order valence-corrected chi connectivity index (χ2v) is 7.12. The lowest BCUT2D eigenvalue weighted by Gasteiger charge is -2.22. The highest BCUT2D eigenvalue weighted by atomic mass is 35.5. The van der Waals surface area contributed by atoms with Crippen LogP contribution in [0.4, 0.5) is 0 Å². The first-order valence-electron chi connectivity index (χ1n) is 8.20. The second-order valence-electron chi connectivity index (χ2n) is 6.18. The fraction of sp³-hybridized carbons (Fsp3) is 0.368. The molecule has 25 heavy (non-hydrogen) atoms. The van der Waals surface area contributed by atoms with Gasteiger partial charge in [-0.2, -0.15) is 5.10 Å². The van der Waals surface area contributed by atoms with Crippen LogP contribution in [0.15, 0.2) is 41.5 Å². The monoisotopic (exact) mass is 378 g/mol. The molecular formula is C19H20Cl2N2O2. The van der Waals surface area contributed by atoms with Gasteiger partial charge in [0.1, 0.15) is 0 Å². The molecule has 0 saturated heterocycles. The standard InChI is InChI=1S/C19H20Cl2N2O2/c1-12-14-8-6-13(7-9-19(24)25-2)10-18(14)23(22-12)11-15-16(20)4-3-5-17(15)21/h3-6,8,10,15-16H,7,9,11H2,1-2H3. The molecule has 6 heteroatoms. The molecule has 0 amide bonds. The number of fused-ring (bicyclic) bond motifs is 1. The molecule has 2 atom stereocenters. The number of allylic oxidation sites excluding steroid dienone is 4. The minimum atomic E-state index is -0.208. The molecule has 1 aromatic carbocycles. The Kier molecular flexibility index (Phi) is 5.50. The van der Waals surface area contributed by atoms with Gasteiger partial charge in [-0.05, 0) is 31.1 Å². The van der Waals surface area contributed by atoms with Crippen LogP contribution in [-0.2, 0) is 22.5 Å². The van der Waals surface area contributed by atoms with Gasteiger partial charge < -0.3 is 4.74 Å². The Labute approximate surface area is 157 Å². The molecule has 0 bridgehead atoms. The molecule has 132 valence electrons. The topological polar surface area (TPSA) is 44.1 Å². The molecule has 4 nitrogen and oxygen atoms in total. The first-order valence-corrected chi connectivity index (χ1v) is 9.02. The fourth-order valence-corrected chi connectivity index (χ4v) is 3.71. The van der Waals surface area contributed by atoms with Crippen LogP contribution in [0.1, 0.15) is 17.7 Å². The van der Waals surface area contributed by atoms with Gasteiger partial charge in [-0.3, -0.25) is 9.48 Å². The van der Waals surface area contributed by atoms with Crippen molar-refractivity contribution >= 4 is 40.1 Å². The number of benzene rings is 1. The zero-order valence-electron chi connectivity index (χ0n) is 14.2. The van der Waals surface area contributed by atoms with Crippen LogP contribution in [0.5, 0.6) is 0 Å². The lowest BCUT2D eigenvalue weighted by molar-refractivity contribution is -0.140. The number of rotatable bonds is 5. The van der Waals surface area contributed by atoms with Crippen molar-refractivity contribution in [2.75, 3.05) is 7.11 Å². The van der Waals surface area contributed by atoms with Crippen molar-refractivity contribution in [2.24, 2.45) is 5.92 Å². The van der Waals surface area contributed by atoms with Gasteiger partial charge in [0.05, 0.1) is 30.2 Å². The number of carbonyl (C=O) groups excluding carboxylic acids is 1. The summed E-state index contributed by atoms with van der Waals surface area (Å²) < 4.78 is 6.67. The van der Waals surface area contributed by atoms with Crippen molar-refractivity contribution in [3.8, 4) is 0 Å². The average Bonchev–Trinajstić information content (AvgIpc) is 2.91. The molecule has 0 spiro atoms. The summed E-state index contributed by atoms with van der Waals surface area (Å²) in [6.45, 7) is 2.60. The Balaban J connectivity index is 1.88. The minimum absolute atomic E-state index is 0.00504. The van der Waals surface area contributed by atoms with Crippen LogP contribution >= 0.6 is 23.2 Å². The number of nitrogens with zero attached hydrogens (tertiary/aromatic N) is 2. The summed E-state index contributed by atoms with van der Waals surface area (Å²) in [6.07, 6.45) is 6.70. The molecule has 0 fully saturated rings. The molecule has 1 heterocycles. The van der Waals surface area contributed by atoms with E-state index in [0.717, 1.165) is 27.2 Å². The van der Waals surface area contributed by atoms with Gasteiger partial charge in [0.2, 0.25) is 0 Å². The molecule has 1 aliphatic rings. The number of methoxy groups -OCH3 is 1. The maximum atomic E-state index is 11.4. The predicted octanol–water partition coefficient (Wildman–Crippen LogP) is 4.37. The lowest BCUT2D eigenvalue weighted by Crippen LogP contribution is -2.22. The van der Waals surface area contributed by atoms with Gasteiger partial charge in [-0.1, -0.05) is 35.9 Å². The highest BCUT2D eigenvalue weighted by Crippen LogP contribution is 2.31. The number of alkyl halides is 1. The van der Waals surface area contributed by atoms with Crippen LogP contribution < -0.4 is 0 Å². The number of carbonyl (C=O) groups is 1. The van der Waals surface area contributed by atoms with E-state index < -0.39 is 0 Å². The van der Waals surface area contributed by atoms with E-state index >= 15 is 0 Å². The Morgan fingerprint density at radius 3 is 2.92 bits per heavy atom. The number of aryl methyl sites for hydroxylation is 2. The summed E-state index contributed by atoms with van der Waals surface area (Å²) in [5, 5.41) is 6.35. The fourth-order valence-electron chi connectivity index (χ4n) is 3.07. The summed E-state index contributed by atoms with van der Waals surface area (Å²) in [4.78, 5) is 11.4. The number of aromatic nitrogens is 2. The summed E-state index contributed by atoms with van der Waals surface area (Å²) in [7, 11) is 1.41. The maximum Gasteiger partial charge on any atom is 0.305 e. The van der Waals surface area contributed by atoms with E-state index in [2.05, 4.69) is 17.2 Å². The summed E-state index contributed by atoms with van der Waals surface area (Å²) in [6, 6.07) is 6.17. The smallest absolute Gasteiger partial charge is 0.305 e. The Morgan fingerprint density at radius 1 is 1.40 bits per heavy atom. The van der Waals surface area contributed by atoms with E-state index in [4.69, 9.17) is 27.9 Å². The van der Waals surface area contributed by atoms with E-state index in [1.165, 1.54) is 7.11 Å². The van der Waals surface area contributed by atoms with Crippen LogP contribution in [0, 0.1) is 12.8 Å². The van der Waals surface area contributed by atoms with Crippen LogP contribution in [-0.4, -0.2) is 28.2 Å². The van der Waals surface area contributed by atoms with Crippen LogP contribution in [0.25, 0.3) is 10.9 Å². The van der Waals surface area contributed by atoms with Crippen molar-refractivity contribution in [2.45, 2.75) is 31.7 Å². The normalized spacial score (nSPS) is 19.9. The van der Waals surface area contributed by atoms with Crippen molar-refractivity contribution in [3.05, 3.63) is 52.7 Å². The highest BCUT2D eigenvalue weighted by molar-refractivity contribution is 6.31. The van der Waals surface area contributed by atoms with Crippen molar-refractivity contribution in [1.82, 2.24) is 9.78 Å². The molecule has 1 aliphatic carbocycles. The minimum Gasteiger partial charge on any atom is -0.469 e. The van der Waals surface area contributed by atoms with Gasteiger partial charge in [-0.25, -0.2) is 0 Å². The third-order valence-corrected chi connectivity index (χ3v) is 5.36. The summed E-state index contributed by atoms with van der Waals surface area (Å²) in [5.74, 6) is -0.213. The van der Waals surface area contributed by atoms with Crippen molar-refractivity contribution < 1.29 is 9.53 Å². The highest BCUT2D eigenvalue weighted by Gasteiger charge is 2.24. The number of hydrogen-bond donors (Lipinski definition) is 0. The van der Waals surface area contributed by atoms with Gasteiger partial charge >= 0.3 is 5.97 Å². The molecule has 2 unspecified atom stereocenters. The second kappa shape index (κ2) is 7.63. The van der Waals surface area contributed by atoms with Crippen LogP contribution in [0.2, 0.25) is 0 Å². The molecule has 1 aromatic heterocycles. The van der Waals surface area contributed by atoms with Gasteiger partial charge in [0.15, 0.2) is 0 Å². The molecular weight excluding hydrogens is 359 g/mol. The van der Waals surface area contributed by atoms with Gasteiger partial charge in [0, 0.05) is 22.8 Å². The first kappa shape index (κ1) is 18.0. The van der Waals surface area contributed by atoms with E-state index in [1.54, 1.807) is 0 Å². The average molecular weight is 379 g/mol. The van der Waals surface area contributed by atoms with Crippen molar-refractivity contribution in [3.63, 3.8) is 0 Å². The number of halogens is 2. The third kappa shape index (κ3) is 3.91. The molecule has 0 aliphatic heterocycles. The zero-order chi connectivity index (χ0) is 18.0. The predicted molar refractivity (Wildman–Crippen MR) is 101 cm³/mol. The van der Waals surface area contributed by atoms with E-state index in [9.17, 15) is 4.79 Å². The Hall–Kier alpha value is -1.78. The first-order chi connectivity index (χ1) is 12.0. The van der Waals surface area contributed by atoms with Gasteiger partial charge in [0.25, 0.3) is 0 Å². The summed E-state index contributed by atoms with van der Waals surface area (Å²) >= 11 is 12.8.